The van der Waals surface area contributed by atoms with Crippen molar-refractivity contribution < 1.29 is 13.9 Å². The number of fused-ring (bicyclic) bond motifs is 2. The standard InChI is InChI=1S/C31H34FN7O2S/c1-4-27(40)39-14-13-38(18-21(39)17-33-2)30-24-16-25(32)28(23-9-5-11-26-22(23)10-7-15-42-26)34-29(24)35-31(36-30)41-19-20-8-6-12-37(20)3/h4-5,9,11,16,20-21H,1,6-8,10,12-15,17-19H2,3H3/t20-,21-/m0/s1. The number of benzene rings is 1. The lowest BCUT2D eigenvalue weighted by atomic mass is 9.99. The molecule has 0 bridgehead atoms. The maximum Gasteiger partial charge on any atom is 0.320 e. The molecule has 2 saturated heterocycles. The smallest absolute Gasteiger partial charge is 0.320 e. The summed E-state index contributed by atoms with van der Waals surface area (Å²) in [5.74, 6) is 0.912. The number of hydrogen-bond donors (Lipinski definition) is 0. The third-order valence-corrected chi connectivity index (χ3v) is 9.62. The van der Waals surface area contributed by atoms with E-state index in [1.54, 1.807) is 16.7 Å². The number of anilines is 1. The molecule has 0 aliphatic carbocycles. The Morgan fingerprint density at radius 1 is 1.24 bits per heavy atom. The fourth-order valence-corrected chi connectivity index (χ4v) is 7.25. The molecule has 11 heteroatoms. The van der Waals surface area contributed by atoms with Crippen LogP contribution in [0.3, 0.4) is 0 Å². The van der Waals surface area contributed by atoms with Crippen LogP contribution in [0.25, 0.3) is 27.1 Å². The van der Waals surface area contributed by atoms with Gasteiger partial charge in [-0.05, 0) is 68.8 Å². The molecule has 6 rings (SSSR count). The highest BCUT2D eigenvalue weighted by Crippen LogP contribution is 2.38. The summed E-state index contributed by atoms with van der Waals surface area (Å²) in [5, 5.41) is 0.478. The molecule has 42 heavy (non-hydrogen) atoms. The van der Waals surface area contributed by atoms with Crippen LogP contribution in [0.5, 0.6) is 6.01 Å². The molecular weight excluding hydrogens is 553 g/mol. The number of aromatic nitrogens is 3. The lowest BCUT2D eigenvalue weighted by Crippen LogP contribution is -2.56. The first kappa shape index (κ1) is 28.4. The van der Waals surface area contributed by atoms with E-state index in [4.69, 9.17) is 21.3 Å². The van der Waals surface area contributed by atoms with Gasteiger partial charge in [-0.2, -0.15) is 9.97 Å². The summed E-state index contributed by atoms with van der Waals surface area (Å²) < 4.78 is 22.1. The predicted octanol–water partition coefficient (Wildman–Crippen LogP) is 4.46. The maximum absolute atomic E-state index is 15.9. The summed E-state index contributed by atoms with van der Waals surface area (Å²) in [6.07, 6.45) is 5.36. The predicted molar refractivity (Wildman–Crippen MR) is 162 cm³/mol. The number of thioether (sulfide) groups is 1. The van der Waals surface area contributed by atoms with Gasteiger partial charge in [0.2, 0.25) is 12.5 Å². The molecule has 3 aliphatic heterocycles. The highest BCUT2D eigenvalue weighted by molar-refractivity contribution is 7.99. The molecule has 1 aromatic carbocycles. The Bertz CT molecular complexity index is 1560. The molecular formula is C31H34FN7O2S. The maximum atomic E-state index is 15.9. The number of amides is 1. The Kier molecular flexibility index (Phi) is 8.27. The summed E-state index contributed by atoms with van der Waals surface area (Å²) in [5.41, 5.74) is 2.56. The van der Waals surface area contributed by atoms with Gasteiger partial charge in [-0.1, -0.05) is 18.7 Å². The van der Waals surface area contributed by atoms with Crippen LogP contribution in [-0.2, 0) is 11.2 Å². The number of nitrogens with zero attached hydrogens (tertiary/aromatic N) is 7. The van der Waals surface area contributed by atoms with Crippen molar-refractivity contribution in [1.82, 2.24) is 24.8 Å². The third kappa shape index (κ3) is 5.53. The quantitative estimate of drug-likeness (QED) is 0.296. The number of likely N-dealkylation sites (N-methyl/N-ethyl adjacent to an activating group) is 1. The molecule has 0 saturated carbocycles. The number of hydrogen-bond acceptors (Lipinski definition) is 8. The molecule has 1 amide bonds. The average Bonchev–Trinajstić information content (AvgIpc) is 3.43. The molecule has 0 spiro atoms. The third-order valence-electron chi connectivity index (χ3n) is 8.44. The largest absolute Gasteiger partial charge is 0.462 e. The molecule has 0 N–H and O–H groups in total. The van der Waals surface area contributed by atoms with Crippen molar-refractivity contribution in [2.24, 2.45) is 0 Å². The van der Waals surface area contributed by atoms with Crippen molar-refractivity contribution >= 4 is 34.5 Å². The van der Waals surface area contributed by atoms with Gasteiger partial charge in [0, 0.05) is 36.1 Å². The van der Waals surface area contributed by atoms with Crippen molar-refractivity contribution in [2.45, 2.75) is 42.7 Å². The van der Waals surface area contributed by atoms with Crippen molar-refractivity contribution in [1.29, 1.82) is 0 Å². The van der Waals surface area contributed by atoms with Crippen LogP contribution in [0.2, 0.25) is 0 Å². The van der Waals surface area contributed by atoms with Crippen LogP contribution in [0, 0.1) is 12.4 Å². The van der Waals surface area contributed by atoms with Gasteiger partial charge >= 0.3 is 6.01 Å². The highest BCUT2D eigenvalue weighted by Gasteiger charge is 2.33. The van der Waals surface area contributed by atoms with Gasteiger partial charge < -0.3 is 24.3 Å². The van der Waals surface area contributed by atoms with E-state index in [0.29, 0.717) is 43.1 Å². The lowest BCUT2D eigenvalue weighted by molar-refractivity contribution is -0.128. The highest BCUT2D eigenvalue weighted by atomic mass is 32.2. The van der Waals surface area contributed by atoms with Crippen molar-refractivity contribution in [2.75, 3.05) is 57.0 Å². The summed E-state index contributed by atoms with van der Waals surface area (Å²) >= 11 is 1.80. The van der Waals surface area contributed by atoms with Gasteiger partial charge in [0.15, 0.2) is 5.65 Å². The van der Waals surface area contributed by atoms with Gasteiger partial charge in [0.1, 0.15) is 30.0 Å². The van der Waals surface area contributed by atoms with Crippen LogP contribution in [-0.4, -0.2) is 94.9 Å². The second-order valence-electron chi connectivity index (χ2n) is 11.0. The Balaban J connectivity index is 1.42. The molecule has 2 atom stereocenters. The van der Waals surface area contributed by atoms with E-state index in [0.717, 1.165) is 49.1 Å². The Hall–Kier alpha value is -3.75. The number of rotatable bonds is 7. The minimum absolute atomic E-state index is 0.143. The fraction of sp³-hybridized carbons (Fsp3) is 0.452. The van der Waals surface area contributed by atoms with Crippen molar-refractivity contribution in [3.8, 4) is 17.3 Å². The van der Waals surface area contributed by atoms with Gasteiger partial charge in [-0.15, -0.1) is 11.8 Å². The minimum atomic E-state index is -0.434. The molecule has 3 aromatic rings. The first-order valence-corrected chi connectivity index (χ1v) is 15.4. The zero-order chi connectivity index (χ0) is 29.2. The number of carbonyl (C=O) groups is 1. The second kappa shape index (κ2) is 12.2. The molecule has 9 nitrogen and oxygen atoms in total. The van der Waals surface area contributed by atoms with Crippen LogP contribution < -0.4 is 9.64 Å². The molecule has 2 fully saturated rings. The average molecular weight is 588 g/mol. The first-order valence-electron chi connectivity index (χ1n) is 14.4. The number of carbonyl (C=O) groups excluding carboxylic acids is 1. The van der Waals surface area contributed by atoms with Crippen LogP contribution >= 0.6 is 11.8 Å². The number of ether oxygens (including phenoxy) is 1. The molecule has 5 heterocycles. The van der Waals surface area contributed by atoms with Gasteiger partial charge in [0.25, 0.3) is 0 Å². The Morgan fingerprint density at radius 3 is 2.90 bits per heavy atom. The normalized spacial score (nSPS) is 20.8. The Labute approximate surface area is 249 Å². The SMILES string of the molecule is [C-]#[N+]C[C@H]1CN(c2nc(OC[C@@H]3CCCN3C)nc3nc(-c4cccc5c4CCCS5)c(F)cc23)CCN1C(=O)C=C. The van der Waals surface area contributed by atoms with E-state index in [-0.39, 0.29) is 36.2 Å². The summed E-state index contributed by atoms with van der Waals surface area (Å²) in [6, 6.07) is 7.56. The molecule has 3 aliphatic rings. The van der Waals surface area contributed by atoms with E-state index in [9.17, 15) is 4.79 Å². The van der Waals surface area contributed by atoms with Gasteiger partial charge in [0.05, 0.1) is 5.39 Å². The van der Waals surface area contributed by atoms with Crippen LogP contribution in [0.4, 0.5) is 10.2 Å². The van der Waals surface area contributed by atoms with E-state index in [2.05, 4.69) is 34.4 Å². The second-order valence-corrected chi connectivity index (χ2v) is 12.2. The topological polar surface area (TPSA) is 79.1 Å². The number of likely N-dealkylation sites (tertiary alicyclic amines) is 1. The first-order chi connectivity index (χ1) is 20.5. The van der Waals surface area contributed by atoms with Crippen LogP contribution in [0.1, 0.15) is 24.8 Å². The van der Waals surface area contributed by atoms with Gasteiger partial charge in [-0.3, -0.25) is 4.79 Å². The molecule has 0 radical (unpaired) electrons. The molecule has 0 unspecified atom stereocenters. The number of halogens is 1. The number of pyridine rings is 1. The van der Waals surface area contributed by atoms with E-state index in [1.807, 2.05) is 17.0 Å². The number of piperazine rings is 1. The van der Waals surface area contributed by atoms with Crippen molar-refractivity contribution in [3.63, 3.8) is 0 Å². The summed E-state index contributed by atoms with van der Waals surface area (Å²) in [4.78, 5) is 37.4. The lowest BCUT2D eigenvalue weighted by Gasteiger charge is -2.39. The molecule has 218 valence electrons. The Morgan fingerprint density at radius 2 is 2.12 bits per heavy atom. The summed E-state index contributed by atoms with van der Waals surface area (Å²) in [6.45, 7) is 13.9. The monoisotopic (exact) mass is 587 g/mol. The van der Waals surface area contributed by atoms with Gasteiger partial charge in [-0.25, -0.2) is 15.9 Å². The van der Waals surface area contributed by atoms with E-state index >= 15 is 4.39 Å². The molecule has 2 aromatic heterocycles. The van der Waals surface area contributed by atoms with Crippen LogP contribution in [0.15, 0.2) is 41.8 Å². The fourth-order valence-electron chi connectivity index (χ4n) is 6.18. The summed E-state index contributed by atoms with van der Waals surface area (Å²) in [7, 11) is 2.09. The zero-order valence-electron chi connectivity index (χ0n) is 23.8. The van der Waals surface area contributed by atoms with E-state index in [1.165, 1.54) is 17.0 Å². The van der Waals surface area contributed by atoms with Crippen molar-refractivity contribution in [3.05, 3.63) is 59.7 Å². The minimum Gasteiger partial charge on any atom is -0.462 e. The van der Waals surface area contributed by atoms with E-state index < -0.39 is 5.82 Å². The zero-order valence-corrected chi connectivity index (χ0v) is 24.6.